The van der Waals surface area contributed by atoms with Crippen molar-refractivity contribution in [3.63, 3.8) is 0 Å². The van der Waals surface area contributed by atoms with Gasteiger partial charge in [0.2, 0.25) is 16.6 Å². The first-order valence-electron chi connectivity index (χ1n) is 9.84. The lowest BCUT2D eigenvalue weighted by Crippen LogP contribution is -2.38. The predicted octanol–water partition coefficient (Wildman–Crippen LogP) is 3.50. The summed E-state index contributed by atoms with van der Waals surface area (Å²) >= 11 is 0.743. The van der Waals surface area contributed by atoms with E-state index < -0.39 is 26.1 Å². The van der Waals surface area contributed by atoms with Gasteiger partial charge in [-0.1, -0.05) is 18.2 Å². The summed E-state index contributed by atoms with van der Waals surface area (Å²) in [7, 11) is -7.73. The molecular formula is C21H19NO7S3. The number of sulfone groups is 1. The molecule has 3 aromatic rings. The van der Waals surface area contributed by atoms with Crippen molar-refractivity contribution in [1.82, 2.24) is 4.31 Å². The van der Waals surface area contributed by atoms with Gasteiger partial charge in [-0.2, -0.15) is 4.31 Å². The Hall–Kier alpha value is -2.60. The molecule has 32 heavy (non-hydrogen) atoms. The summed E-state index contributed by atoms with van der Waals surface area (Å²) in [6, 6.07) is 15.7. The van der Waals surface area contributed by atoms with E-state index in [1.165, 1.54) is 28.6 Å². The number of thiophene rings is 1. The zero-order valence-electron chi connectivity index (χ0n) is 16.7. The van der Waals surface area contributed by atoms with Crippen molar-refractivity contribution in [2.24, 2.45) is 0 Å². The average Bonchev–Trinajstić information content (AvgIpc) is 3.54. The van der Waals surface area contributed by atoms with Gasteiger partial charge in [0.05, 0.1) is 4.90 Å². The van der Waals surface area contributed by atoms with Crippen LogP contribution >= 0.6 is 11.3 Å². The van der Waals surface area contributed by atoms with Crippen molar-refractivity contribution < 1.29 is 31.0 Å². The molecule has 0 amide bonds. The monoisotopic (exact) mass is 493 g/mol. The van der Waals surface area contributed by atoms with E-state index in [0.29, 0.717) is 30.1 Å². The van der Waals surface area contributed by atoms with E-state index in [-0.39, 0.29) is 26.7 Å². The first-order valence-corrected chi connectivity index (χ1v) is 13.6. The summed E-state index contributed by atoms with van der Waals surface area (Å²) < 4.78 is 70.2. The highest BCUT2D eigenvalue weighted by Gasteiger charge is 2.38. The smallest absolute Gasteiger partial charge is 0.255 e. The van der Waals surface area contributed by atoms with Gasteiger partial charge in [0.25, 0.3) is 10.0 Å². The molecule has 1 aromatic heterocycles. The van der Waals surface area contributed by atoms with E-state index in [0.717, 1.165) is 11.3 Å². The molecular weight excluding hydrogens is 474 g/mol. The van der Waals surface area contributed by atoms with Crippen molar-refractivity contribution in [2.45, 2.75) is 32.4 Å². The SMILES string of the molecule is O=S(=O)(c1ccccc1)c1ccc(S(=O)(=O)N2CCC[C@@H]2Oc2ccc3c(c2)OCO3)s1. The van der Waals surface area contributed by atoms with Crippen LogP contribution in [0.4, 0.5) is 0 Å². The first kappa shape index (κ1) is 21.3. The summed E-state index contributed by atoms with van der Waals surface area (Å²) in [5.41, 5.74) is 0. The Morgan fingerprint density at radius 2 is 1.66 bits per heavy atom. The van der Waals surface area contributed by atoms with Crippen molar-refractivity contribution in [2.75, 3.05) is 13.3 Å². The second-order valence-electron chi connectivity index (χ2n) is 7.24. The van der Waals surface area contributed by atoms with Crippen LogP contribution in [0, 0.1) is 0 Å². The lowest BCUT2D eigenvalue weighted by atomic mass is 10.3. The van der Waals surface area contributed by atoms with E-state index in [9.17, 15) is 16.8 Å². The van der Waals surface area contributed by atoms with Crippen molar-refractivity contribution in [3.8, 4) is 17.2 Å². The van der Waals surface area contributed by atoms with Crippen LogP contribution < -0.4 is 14.2 Å². The highest BCUT2D eigenvalue weighted by molar-refractivity contribution is 7.95. The second-order valence-corrected chi connectivity index (χ2v) is 12.6. The maximum atomic E-state index is 13.3. The molecule has 2 aliphatic heterocycles. The van der Waals surface area contributed by atoms with Gasteiger partial charge in [-0.3, -0.25) is 0 Å². The van der Waals surface area contributed by atoms with Gasteiger partial charge < -0.3 is 14.2 Å². The molecule has 2 aliphatic rings. The van der Waals surface area contributed by atoms with Gasteiger partial charge in [-0.25, -0.2) is 16.8 Å². The number of ether oxygens (including phenoxy) is 3. The summed E-state index contributed by atoms with van der Waals surface area (Å²) in [6.45, 7) is 0.422. The fourth-order valence-electron chi connectivity index (χ4n) is 3.63. The third-order valence-corrected chi connectivity index (χ3v) is 10.9. The normalized spacial score (nSPS) is 18.7. The largest absolute Gasteiger partial charge is 0.474 e. The fourth-order valence-corrected chi connectivity index (χ4v) is 8.52. The lowest BCUT2D eigenvalue weighted by Gasteiger charge is -2.24. The minimum absolute atomic E-state index is 0.0188. The zero-order valence-corrected chi connectivity index (χ0v) is 19.2. The fraction of sp³-hybridized carbons (Fsp3) is 0.238. The van der Waals surface area contributed by atoms with Crippen LogP contribution in [0.2, 0.25) is 0 Å². The van der Waals surface area contributed by atoms with Crippen LogP contribution in [0.25, 0.3) is 0 Å². The minimum atomic E-state index is -3.93. The summed E-state index contributed by atoms with van der Waals surface area (Å²) in [5, 5.41) is 0. The van der Waals surface area contributed by atoms with Crippen LogP contribution in [0.5, 0.6) is 17.2 Å². The predicted molar refractivity (Wildman–Crippen MR) is 116 cm³/mol. The lowest BCUT2D eigenvalue weighted by molar-refractivity contribution is 0.120. The summed E-state index contributed by atoms with van der Waals surface area (Å²) in [6.07, 6.45) is 0.458. The maximum Gasteiger partial charge on any atom is 0.255 e. The van der Waals surface area contributed by atoms with Gasteiger partial charge in [0.1, 0.15) is 14.2 Å². The molecule has 0 unspecified atom stereocenters. The molecule has 1 atom stereocenters. The standard InChI is InChI=1S/C21H19NO7S3/c23-31(24,16-5-2-1-3-6-16)20-10-11-21(30-20)32(25,26)22-12-4-7-19(22)29-15-8-9-17-18(13-15)28-14-27-17/h1-3,5-6,8-11,13,19H,4,7,12,14H2/t19-/m0/s1. The van der Waals surface area contributed by atoms with Crippen LogP contribution in [0.15, 0.2) is 74.0 Å². The molecule has 3 heterocycles. The molecule has 2 aromatic carbocycles. The van der Waals surface area contributed by atoms with Gasteiger partial charge in [0.15, 0.2) is 17.7 Å². The molecule has 168 valence electrons. The average molecular weight is 494 g/mol. The second kappa shape index (κ2) is 8.07. The topological polar surface area (TPSA) is 99.2 Å². The molecule has 1 saturated heterocycles. The number of hydrogen-bond donors (Lipinski definition) is 0. The van der Waals surface area contributed by atoms with Gasteiger partial charge in [-0.05, 0) is 42.8 Å². The molecule has 0 radical (unpaired) electrons. The van der Waals surface area contributed by atoms with Crippen LogP contribution in [0.3, 0.4) is 0 Å². The van der Waals surface area contributed by atoms with Crippen molar-refractivity contribution in [3.05, 3.63) is 60.7 Å². The van der Waals surface area contributed by atoms with Crippen LogP contribution in [-0.2, 0) is 19.9 Å². The Morgan fingerprint density at radius 1 is 0.906 bits per heavy atom. The molecule has 0 saturated carbocycles. The number of benzene rings is 2. The van der Waals surface area contributed by atoms with E-state index in [2.05, 4.69) is 0 Å². The molecule has 11 heteroatoms. The molecule has 0 bridgehead atoms. The van der Waals surface area contributed by atoms with Crippen molar-refractivity contribution in [1.29, 1.82) is 0 Å². The Morgan fingerprint density at radius 3 is 2.47 bits per heavy atom. The molecule has 1 fully saturated rings. The van der Waals surface area contributed by atoms with Gasteiger partial charge >= 0.3 is 0 Å². The number of fused-ring (bicyclic) bond motifs is 1. The third-order valence-electron chi connectivity index (χ3n) is 5.20. The van der Waals surface area contributed by atoms with E-state index in [4.69, 9.17) is 14.2 Å². The third kappa shape index (κ3) is 3.75. The van der Waals surface area contributed by atoms with Gasteiger partial charge in [0, 0.05) is 19.0 Å². The Balaban J connectivity index is 1.39. The van der Waals surface area contributed by atoms with Crippen LogP contribution in [0.1, 0.15) is 12.8 Å². The number of hydrogen-bond acceptors (Lipinski definition) is 8. The minimum Gasteiger partial charge on any atom is -0.474 e. The highest BCUT2D eigenvalue weighted by Crippen LogP contribution is 2.38. The van der Waals surface area contributed by atoms with Crippen LogP contribution in [-0.4, -0.2) is 40.7 Å². The maximum absolute atomic E-state index is 13.3. The van der Waals surface area contributed by atoms with E-state index >= 15 is 0 Å². The van der Waals surface area contributed by atoms with Gasteiger partial charge in [-0.15, -0.1) is 11.3 Å². The number of sulfonamides is 1. The summed E-state index contributed by atoms with van der Waals surface area (Å²) in [5.74, 6) is 1.63. The number of rotatable bonds is 6. The summed E-state index contributed by atoms with van der Waals surface area (Å²) in [4.78, 5) is 0.121. The molecule has 8 nitrogen and oxygen atoms in total. The zero-order chi connectivity index (χ0) is 22.3. The number of nitrogens with zero attached hydrogens (tertiary/aromatic N) is 1. The molecule has 0 spiro atoms. The Kier molecular flexibility index (Phi) is 5.36. The highest BCUT2D eigenvalue weighted by atomic mass is 32.3. The van der Waals surface area contributed by atoms with E-state index in [1.807, 2.05) is 0 Å². The quantitative estimate of drug-likeness (QED) is 0.518. The van der Waals surface area contributed by atoms with E-state index in [1.54, 1.807) is 36.4 Å². The molecule has 5 rings (SSSR count). The Bertz CT molecular complexity index is 1350. The van der Waals surface area contributed by atoms with Crippen molar-refractivity contribution >= 4 is 31.2 Å². The Labute approximate surface area is 189 Å². The first-order chi connectivity index (χ1) is 15.4. The molecule has 0 aliphatic carbocycles. The molecule has 0 N–H and O–H groups in total.